The van der Waals surface area contributed by atoms with Crippen molar-refractivity contribution in [1.29, 1.82) is 0 Å². The second kappa shape index (κ2) is 7.80. The number of primary amides is 1. The minimum absolute atomic E-state index is 0.468. The van der Waals surface area contributed by atoms with Crippen LogP contribution in [-0.4, -0.2) is 11.9 Å². The molecule has 0 fully saturated rings. The van der Waals surface area contributed by atoms with Crippen molar-refractivity contribution in [2.24, 2.45) is 11.5 Å². The third-order valence-electron chi connectivity index (χ3n) is 1.90. The maximum atomic E-state index is 10.5. The summed E-state index contributed by atoms with van der Waals surface area (Å²) < 4.78 is 0. The van der Waals surface area contributed by atoms with Crippen LogP contribution < -0.4 is 11.5 Å². The zero-order valence-electron chi connectivity index (χ0n) is 8.33. The topological polar surface area (TPSA) is 69.1 Å². The molecule has 1 amide bonds. The molecule has 0 aromatic rings. The van der Waals surface area contributed by atoms with Crippen LogP contribution in [0.1, 0.15) is 39.0 Å². The molecule has 0 aromatic heterocycles. The van der Waals surface area contributed by atoms with Gasteiger partial charge in [0.25, 0.3) is 0 Å². The molecule has 1 unspecified atom stereocenters. The molecule has 0 saturated heterocycles. The van der Waals surface area contributed by atoms with Crippen molar-refractivity contribution in [2.45, 2.75) is 45.1 Å². The van der Waals surface area contributed by atoms with Crippen molar-refractivity contribution < 1.29 is 4.79 Å². The highest BCUT2D eigenvalue weighted by atomic mass is 16.1. The third-order valence-corrected chi connectivity index (χ3v) is 1.90. The van der Waals surface area contributed by atoms with Crippen LogP contribution >= 0.6 is 0 Å². The summed E-state index contributed by atoms with van der Waals surface area (Å²) in [6.07, 6.45) is 9.52. The van der Waals surface area contributed by atoms with Crippen molar-refractivity contribution in [2.75, 3.05) is 0 Å². The quantitative estimate of drug-likeness (QED) is 0.463. The van der Waals surface area contributed by atoms with Crippen LogP contribution in [0.25, 0.3) is 0 Å². The predicted molar refractivity (Wildman–Crippen MR) is 55.1 cm³/mol. The fraction of sp³-hybridized carbons (Fsp3) is 0.700. The molecule has 0 rings (SSSR count). The summed E-state index contributed by atoms with van der Waals surface area (Å²) in [7, 11) is 0. The molecule has 3 heteroatoms. The van der Waals surface area contributed by atoms with Crippen LogP contribution in [-0.2, 0) is 4.79 Å². The number of allylic oxidation sites excluding steroid dienone is 1. The molecule has 1 atom stereocenters. The predicted octanol–water partition coefficient (Wildman–Crippen LogP) is 1.33. The lowest BCUT2D eigenvalue weighted by atomic mass is 10.1. The monoisotopic (exact) mass is 184 g/mol. The Morgan fingerprint density at radius 1 is 1.38 bits per heavy atom. The summed E-state index contributed by atoms with van der Waals surface area (Å²) in [5.41, 5.74) is 10.4. The number of nitrogens with two attached hydrogens (primary N) is 2. The van der Waals surface area contributed by atoms with E-state index < -0.39 is 11.9 Å². The molecule has 0 aliphatic heterocycles. The molecule has 0 spiro atoms. The van der Waals surface area contributed by atoms with Gasteiger partial charge >= 0.3 is 0 Å². The molecule has 76 valence electrons. The van der Waals surface area contributed by atoms with Gasteiger partial charge in [0.05, 0.1) is 0 Å². The molecular weight excluding hydrogens is 164 g/mol. The van der Waals surface area contributed by atoms with Gasteiger partial charge in [-0.3, -0.25) is 4.79 Å². The number of rotatable bonds is 7. The first-order valence-electron chi connectivity index (χ1n) is 4.90. The average molecular weight is 184 g/mol. The summed E-state index contributed by atoms with van der Waals surface area (Å²) in [6, 6.07) is -0.619. The van der Waals surface area contributed by atoms with Crippen LogP contribution in [0, 0.1) is 0 Å². The van der Waals surface area contributed by atoms with Crippen LogP contribution in [0.15, 0.2) is 12.2 Å². The van der Waals surface area contributed by atoms with E-state index in [1.54, 1.807) is 6.08 Å². The Kier molecular flexibility index (Phi) is 7.30. The number of unbranched alkanes of at least 4 members (excludes halogenated alkanes) is 4. The maximum Gasteiger partial charge on any atom is 0.238 e. The lowest BCUT2D eigenvalue weighted by Gasteiger charge is -1.99. The Bertz CT molecular complexity index is 166. The van der Waals surface area contributed by atoms with Gasteiger partial charge in [0, 0.05) is 0 Å². The van der Waals surface area contributed by atoms with Gasteiger partial charge in [-0.15, -0.1) is 0 Å². The van der Waals surface area contributed by atoms with E-state index in [0.717, 1.165) is 12.8 Å². The van der Waals surface area contributed by atoms with Gasteiger partial charge in [-0.2, -0.15) is 0 Å². The van der Waals surface area contributed by atoms with Crippen molar-refractivity contribution >= 4 is 5.91 Å². The third kappa shape index (κ3) is 7.53. The fourth-order valence-corrected chi connectivity index (χ4v) is 1.03. The first-order valence-corrected chi connectivity index (χ1v) is 4.90. The van der Waals surface area contributed by atoms with E-state index >= 15 is 0 Å². The molecule has 0 aromatic carbocycles. The fourth-order valence-electron chi connectivity index (χ4n) is 1.03. The van der Waals surface area contributed by atoms with E-state index in [-0.39, 0.29) is 0 Å². The summed E-state index contributed by atoms with van der Waals surface area (Å²) >= 11 is 0. The number of hydrogen-bond acceptors (Lipinski definition) is 2. The minimum Gasteiger partial charge on any atom is -0.368 e. The van der Waals surface area contributed by atoms with Gasteiger partial charge < -0.3 is 11.5 Å². The summed E-state index contributed by atoms with van der Waals surface area (Å²) in [5.74, 6) is -0.468. The Morgan fingerprint density at radius 2 is 2.08 bits per heavy atom. The SMILES string of the molecule is CCCCCC/C=C\C(N)C(N)=O. The molecular formula is C10H20N2O. The molecule has 0 saturated carbocycles. The Balaban J connectivity index is 3.35. The standard InChI is InChI=1S/C10H20N2O/c1-2-3-4-5-6-7-8-9(11)10(12)13/h7-9H,2-6,11H2,1H3,(H2,12,13)/b8-7-. The van der Waals surface area contributed by atoms with Crippen LogP contribution in [0.5, 0.6) is 0 Å². The second-order valence-corrected chi connectivity index (χ2v) is 3.21. The molecule has 4 N–H and O–H groups in total. The average Bonchev–Trinajstić information content (AvgIpc) is 2.10. The number of carbonyl (C=O) groups is 1. The highest BCUT2D eigenvalue weighted by Gasteiger charge is 2.01. The molecule has 13 heavy (non-hydrogen) atoms. The van der Waals surface area contributed by atoms with Crippen LogP contribution in [0.2, 0.25) is 0 Å². The highest BCUT2D eigenvalue weighted by molar-refractivity contribution is 5.81. The van der Waals surface area contributed by atoms with E-state index in [2.05, 4.69) is 6.92 Å². The Hall–Kier alpha value is -0.830. The molecule has 0 heterocycles. The van der Waals surface area contributed by atoms with Crippen molar-refractivity contribution in [3.05, 3.63) is 12.2 Å². The summed E-state index contributed by atoms with van der Waals surface area (Å²) in [5, 5.41) is 0. The van der Waals surface area contributed by atoms with Crippen LogP contribution in [0.4, 0.5) is 0 Å². The molecule has 0 radical (unpaired) electrons. The van der Waals surface area contributed by atoms with Gasteiger partial charge in [0.2, 0.25) is 5.91 Å². The van der Waals surface area contributed by atoms with Crippen molar-refractivity contribution in [1.82, 2.24) is 0 Å². The Labute approximate surface area is 80.2 Å². The summed E-state index contributed by atoms with van der Waals surface area (Å²) in [6.45, 7) is 2.18. The van der Waals surface area contributed by atoms with Gasteiger partial charge in [-0.05, 0) is 12.8 Å². The number of amides is 1. The first kappa shape index (κ1) is 12.2. The highest BCUT2D eigenvalue weighted by Crippen LogP contribution is 2.02. The summed E-state index contributed by atoms with van der Waals surface area (Å²) in [4.78, 5) is 10.5. The van der Waals surface area contributed by atoms with E-state index in [9.17, 15) is 4.79 Å². The smallest absolute Gasteiger partial charge is 0.238 e. The van der Waals surface area contributed by atoms with Crippen molar-refractivity contribution in [3.63, 3.8) is 0 Å². The molecule has 0 bridgehead atoms. The van der Waals surface area contributed by atoms with Crippen molar-refractivity contribution in [3.8, 4) is 0 Å². The number of hydrogen-bond donors (Lipinski definition) is 2. The molecule has 0 aliphatic carbocycles. The van der Waals surface area contributed by atoms with Gasteiger partial charge in [-0.25, -0.2) is 0 Å². The van der Waals surface area contributed by atoms with E-state index in [0.29, 0.717) is 0 Å². The zero-order valence-corrected chi connectivity index (χ0v) is 8.33. The normalized spacial score (nSPS) is 13.4. The van der Waals surface area contributed by atoms with E-state index in [1.165, 1.54) is 19.3 Å². The Morgan fingerprint density at radius 3 is 2.62 bits per heavy atom. The van der Waals surface area contributed by atoms with Gasteiger partial charge in [0.15, 0.2) is 0 Å². The maximum absolute atomic E-state index is 10.5. The minimum atomic E-state index is -0.619. The van der Waals surface area contributed by atoms with E-state index in [4.69, 9.17) is 11.5 Å². The van der Waals surface area contributed by atoms with Crippen LogP contribution in [0.3, 0.4) is 0 Å². The largest absolute Gasteiger partial charge is 0.368 e. The lowest BCUT2D eigenvalue weighted by Crippen LogP contribution is -2.34. The molecule has 0 aliphatic rings. The first-order chi connectivity index (χ1) is 6.18. The van der Waals surface area contributed by atoms with Gasteiger partial charge in [0.1, 0.15) is 6.04 Å². The number of carbonyl (C=O) groups excluding carboxylic acids is 1. The molecule has 3 nitrogen and oxygen atoms in total. The van der Waals surface area contributed by atoms with E-state index in [1.807, 2.05) is 6.08 Å². The lowest BCUT2D eigenvalue weighted by molar-refractivity contribution is -0.118. The zero-order chi connectivity index (χ0) is 10.1. The van der Waals surface area contributed by atoms with Gasteiger partial charge in [-0.1, -0.05) is 38.3 Å². The second-order valence-electron chi connectivity index (χ2n) is 3.21.